The van der Waals surface area contributed by atoms with Gasteiger partial charge in [0.05, 0.1) is 10.7 Å². The number of halogens is 4. The van der Waals surface area contributed by atoms with Crippen molar-refractivity contribution in [3.8, 4) is 11.6 Å². The molecule has 0 bridgehead atoms. The number of aromatic nitrogens is 2. The van der Waals surface area contributed by atoms with Crippen LogP contribution >= 0.6 is 22.9 Å². The second-order valence-corrected chi connectivity index (χ2v) is 7.26. The van der Waals surface area contributed by atoms with Crippen LogP contribution in [0.15, 0.2) is 47.8 Å². The first-order valence-electron chi connectivity index (χ1n) is 8.27. The molecule has 158 valence electrons. The Kier molecular flexibility index (Phi) is 6.32. The minimum absolute atomic E-state index is 0.118. The Hall–Kier alpha value is -3.05. The van der Waals surface area contributed by atoms with E-state index in [0.717, 1.165) is 16.0 Å². The number of amides is 1. The Balaban J connectivity index is 1.80. The second-order valence-electron chi connectivity index (χ2n) is 5.87. The third kappa shape index (κ3) is 4.92. The first-order valence-corrected chi connectivity index (χ1v) is 9.53. The van der Waals surface area contributed by atoms with E-state index in [9.17, 15) is 27.9 Å². The van der Waals surface area contributed by atoms with Gasteiger partial charge in [-0.15, -0.1) is 11.3 Å². The summed E-state index contributed by atoms with van der Waals surface area (Å²) in [6.07, 6.45) is -4.75. The molecular formula is C18H13ClF3N3O4S. The number of benzene rings is 1. The number of carboxylic acids is 1. The van der Waals surface area contributed by atoms with Crippen LogP contribution in [0.2, 0.25) is 5.02 Å². The predicted octanol–water partition coefficient (Wildman–Crippen LogP) is 3.93. The number of carbonyl (C=O) groups excluding carboxylic acids is 1. The third-order valence-corrected chi connectivity index (χ3v) is 5.04. The summed E-state index contributed by atoms with van der Waals surface area (Å²) in [5, 5.41) is 16.8. The van der Waals surface area contributed by atoms with E-state index in [4.69, 9.17) is 16.3 Å². The van der Waals surface area contributed by atoms with Crippen molar-refractivity contribution in [3.05, 3.63) is 63.4 Å². The fraction of sp³-hybridized carbons (Fsp3) is 0.167. The molecule has 0 fully saturated rings. The highest BCUT2D eigenvalue weighted by molar-refractivity contribution is 7.10. The van der Waals surface area contributed by atoms with Gasteiger partial charge < -0.3 is 15.2 Å². The van der Waals surface area contributed by atoms with Gasteiger partial charge in [-0.1, -0.05) is 29.8 Å². The van der Waals surface area contributed by atoms with E-state index in [2.05, 4.69) is 10.4 Å². The summed E-state index contributed by atoms with van der Waals surface area (Å²) in [5.41, 5.74) is -1.12. The van der Waals surface area contributed by atoms with Gasteiger partial charge >= 0.3 is 12.1 Å². The van der Waals surface area contributed by atoms with Gasteiger partial charge in [-0.25, -0.2) is 4.79 Å². The summed E-state index contributed by atoms with van der Waals surface area (Å²) in [6.45, 7) is -0.734. The predicted molar refractivity (Wildman–Crippen MR) is 102 cm³/mol. The van der Waals surface area contributed by atoms with Gasteiger partial charge in [0, 0.05) is 10.9 Å². The number of alkyl halides is 3. The molecule has 3 aromatic rings. The number of aliphatic carboxylic acids is 1. The molecule has 1 aromatic carbocycles. The van der Waals surface area contributed by atoms with Gasteiger partial charge in [-0.3, -0.25) is 4.79 Å². The lowest BCUT2D eigenvalue weighted by Crippen LogP contribution is -2.36. The van der Waals surface area contributed by atoms with Crippen molar-refractivity contribution in [1.29, 1.82) is 0 Å². The van der Waals surface area contributed by atoms with Crippen LogP contribution < -0.4 is 10.1 Å². The maximum Gasteiger partial charge on any atom is 0.435 e. The Morgan fingerprint density at radius 3 is 2.60 bits per heavy atom. The van der Waals surface area contributed by atoms with E-state index < -0.39 is 36.4 Å². The molecule has 3 rings (SSSR count). The Labute approximate surface area is 176 Å². The number of nitrogens with one attached hydrogen (secondary N) is 1. The number of hydrogen-bond acceptors (Lipinski definition) is 5. The fourth-order valence-electron chi connectivity index (χ4n) is 2.45. The number of rotatable bonds is 7. The van der Waals surface area contributed by atoms with E-state index in [-0.39, 0.29) is 16.6 Å². The quantitative estimate of drug-likeness (QED) is 0.558. The highest BCUT2D eigenvalue weighted by Crippen LogP contribution is 2.33. The van der Waals surface area contributed by atoms with Gasteiger partial charge in [-0.05, 0) is 23.6 Å². The van der Waals surface area contributed by atoms with Crippen LogP contribution in [-0.2, 0) is 15.8 Å². The van der Waals surface area contributed by atoms with Gasteiger partial charge in [0.25, 0.3) is 5.91 Å². The molecule has 0 aliphatic carbocycles. The Morgan fingerprint density at radius 1 is 1.27 bits per heavy atom. The van der Waals surface area contributed by atoms with Crippen LogP contribution in [0.4, 0.5) is 13.2 Å². The summed E-state index contributed by atoms with van der Waals surface area (Å²) in [5.74, 6) is -2.50. The molecule has 2 aromatic heterocycles. The number of hydrogen-bond donors (Lipinski definition) is 2. The summed E-state index contributed by atoms with van der Waals surface area (Å²) in [4.78, 5) is 24.0. The van der Waals surface area contributed by atoms with Crippen molar-refractivity contribution in [2.45, 2.75) is 12.2 Å². The van der Waals surface area contributed by atoms with E-state index in [1.54, 1.807) is 23.6 Å². The van der Waals surface area contributed by atoms with Gasteiger partial charge in [-0.2, -0.15) is 23.0 Å². The highest BCUT2D eigenvalue weighted by Gasteiger charge is 2.36. The number of carboxylic acid groups (broad SMARTS) is 1. The first kappa shape index (κ1) is 21.7. The zero-order chi connectivity index (χ0) is 21.9. The Morgan fingerprint density at radius 2 is 2.00 bits per heavy atom. The lowest BCUT2D eigenvalue weighted by Gasteiger charge is -2.14. The average molecular weight is 460 g/mol. The zero-order valence-corrected chi connectivity index (χ0v) is 16.5. The van der Waals surface area contributed by atoms with Gasteiger partial charge in [0.2, 0.25) is 5.88 Å². The largest absolute Gasteiger partial charge is 0.479 e. The molecule has 30 heavy (non-hydrogen) atoms. The summed E-state index contributed by atoms with van der Waals surface area (Å²) >= 11 is 7.17. The van der Waals surface area contributed by atoms with Crippen molar-refractivity contribution in [3.63, 3.8) is 0 Å². The molecule has 1 atom stereocenters. The molecular weight excluding hydrogens is 447 g/mol. The molecule has 0 saturated heterocycles. The number of ether oxygens (including phenoxy) is 1. The zero-order valence-electron chi connectivity index (χ0n) is 14.9. The molecule has 2 heterocycles. The van der Waals surface area contributed by atoms with E-state index in [1.807, 2.05) is 0 Å². The van der Waals surface area contributed by atoms with Gasteiger partial charge in [0.1, 0.15) is 0 Å². The van der Waals surface area contributed by atoms with Crippen molar-refractivity contribution in [1.82, 2.24) is 15.1 Å². The first-order chi connectivity index (χ1) is 14.2. The van der Waals surface area contributed by atoms with Crippen LogP contribution in [0.1, 0.15) is 16.6 Å². The highest BCUT2D eigenvalue weighted by atomic mass is 35.5. The molecule has 7 nitrogen and oxygen atoms in total. The smallest absolute Gasteiger partial charge is 0.435 e. The van der Waals surface area contributed by atoms with E-state index in [1.165, 1.54) is 18.2 Å². The van der Waals surface area contributed by atoms with Crippen LogP contribution in [0.25, 0.3) is 5.69 Å². The molecule has 0 radical (unpaired) electrons. The number of carbonyl (C=O) groups is 2. The monoisotopic (exact) mass is 459 g/mol. The summed E-state index contributed by atoms with van der Waals surface area (Å²) in [7, 11) is 0. The lowest BCUT2D eigenvalue weighted by atomic mass is 10.2. The van der Waals surface area contributed by atoms with Crippen molar-refractivity contribution < 1.29 is 32.6 Å². The SMILES string of the molecule is O=C(COc1cc(C(F)(F)F)nn1-c1ccccc1Cl)NC(C(=O)O)c1cccs1. The second kappa shape index (κ2) is 8.76. The molecule has 0 saturated carbocycles. The minimum atomic E-state index is -4.75. The number of thiophene rings is 1. The van der Waals surface area contributed by atoms with E-state index in [0.29, 0.717) is 10.9 Å². The van der Waals surface area contributed by atoms with Gasteiger partial charge in [0.15, 0.2) is 18.3 Å². The molecule has 1 unspecified atom stereocenters. The van der Waals surface area contributed by atoms with Crippen LogP contribution in [0.5, 0.6) is 5.88 Å². The van der Waals surface area contributed by atoms with Crippen LogP contribution in [0.3, 0.4) is 0 Å². The van der Waals surface area contributed by atoms with Crippen LogP contribution in [0, 0.1) is 0 Å². The maximum atomic E-state index is 13.1. The molecule has 0 aliphatic rings. The fourth-order valence-corrected chi connectivity index (χ4v) is 3.44. The van der Waals surface area contributed by atoms with Crippen molar-refractivity contribution >= 4 is 34.8 Å². The van der Waals surface area contributed by atoms with Crippen LogP contribution in [-0.4, -0.2) is 33.4 Å². The van der Waals surface area contributed by atoms with Crippen molar-refractivity contribution in [2.75, 3.05) is 6.61 Å². The molecule has 2 N–H and O–H groups in total. The topological polar surface area (TPSA) is 93.5 Å². The molecule has 1 amide bonds. The summed E-state index contributed by atoms with van der Waals surface area (Å²) in [6, 6.07) is 8.51. The molecule has 0 aliphatic heterocycles. The van der Waals surface area contributed by atoms with E-state index >= 15 is 0 Å². The number of para-hydroxylation sites is 1. The molecule has 12 heteroatoms. The maximum absolute atomic E-state index is 13.1. The third-order valence-electron chi connectivity index (χ3n) is 3.78. The summed E-state index contributed by atoms with van der Waals surface area (Å²) < 4.78 is 45.4. The van der Waals surface area contributed by atoms with Crippen molar-refractivity contribution in [2.24, 2.45) is 0 Å². The minimum Gasteiger partial charge on any atom is -0.479 e. The average Bonchev–Trinajstić information content (AvgIpc) is 3.34. The number of nitrogens with zero attached hydrogens (tertiary/aromatic N) is 2. The molecule has 0 spiro atoms. The normalized spacial score (nSPS) is 12.4. The lowest BCUT2D eigenvalue weighted by molar-refractivity contribution is -0.142. The Bertz CT molecular complexity index is 1050. The standard InChI is InChI=1S/C18H13ClF3N3O4S/c19-10-4-1-2-5-11(10)25-15(8-13(24-25)18(20,21)22)29-9-14(26)23-16(17(27)28)12-6-3-7-30-12/h1-8,16H,9H2,(H,23,26)(H,27,28).